The van der Waals surface area contributed by atoms with Gasteiger partial charge in [0.05, 0.1) is 25.4 Å². The van der Waals surface area contributed by atoms with Crippen molar-refractivity contribution in [3.63, 3.8) is 0 Å². The van der Waals surface area contributed by atoms with E-state index in [1.165, 1.54) is 18.4 Å². The first-order chi connectivity index (χ1) is 13.3. The number of benzene rings is 1. The van der Waals surface area contributed by atoms with Crippen LogP contribution in [-0.2, 0) is 16.0 Å². The summed E-state index contributed by atoms with van der Waals surface area (Å²) in [5, 5.41) is 8.42. The predicted octanol–water partition coefficient (Wildman–Crippen LogP) is 3.60. The molecule has 6 heteroatoms. The predicted molar refractivity (Wildman–Crippen MR) is 102 cm³/mol. The minimum Gasteiger partial charge on any atom is -0.419 e. The molecule has 6 nitrogen and oxygen atoms in total. The van der Waals surface area contributed by atoms with Gasteiger partial charge in [0.1, 0.15) is 0 Å². The van der Waals surface area contributed by atoms with E-state index in [2.05, 4.69) is 34.2 Å². The maximum Gasteiger partial charge on any atom is 0.247 e. The molecular weight excluding hydrogens is 342 g/mol. The summed E-state index contributed by atoms with van der Waals surface area (Å²) in [6, 6.07) is 8.15. The molecule has 4 rings (SSSR count). The second kappa shape index (κ2) is 8.95. The average molecular weight is 371 g/mol. The molecule has 2 aromatic rings. The van der Waals surface area contributed by atoms with Crippen molar-refractivity contribution in [2.24, 2.45) is 0 Å². The Morgan fingerprint density at radius 1 is 1.07 bits per heavy atom. The van der Waals surface area contributed by atoms with Gasteiger partial charge >= 0.3 is 0 Å². The zero-order valence-electron chi connectivity index (χ0n) is 16.1. The maximum atomic E-state index is 6.09. The Kier molecular flexibility index (Phi) is 6.17. The van der Waals surface area contributed by atoms with Crippen molar-refractivity contribution < 1.29 is 13.9 Å². The molecule has 2 fully saturated rings. The summed E-state index contributed by atoms with van der Waals surface area (Å²) in [4.78, 5) is 2.36. The van der Waals surface area contributed by atoms with Crippen LogP contribution in [0.5, 0.6) is 0 Å². The van der Waals surface area contributed by atoms with Crippen LogP contribution in [0.2, 0.25) is 0 Å². The van der Waals surface area contributed by atoms with Crippen LogP contribution in [0.25, 0.3) is 11.5 Å². The summed E-state index contributed by atoms with van der Waals surface area (Å²) in [7, 11) is 0. The molecule has 1 aromatic heterocycles. The molecule has 0 aliphatic carbocycles. The molecular formula is C21H29N3O3. The van der Waals surface area contributed by atoms with Crippen LogP contribution in [0.1, 0.15) is 43.6 Å². The number of aryl methyl sites for hydroxylation is 1. The fraction of sp³-hybridized carbons (Fsp3) is 0.619. The Hall–Kier alpha value is -1.76. The second-order valence-corrected chi connectivity index (χ2v) is 7.66. The molecule has 1 atom stereocenters. The molecule has 1 unspecified atom stereocenters. The average Bonchev–Trinajstić information content (AvgIpc) is 3.17. The van der Waals surface area contributed by atoms with Gasteiger partial charge < -0.3 is 13.9 Å². The Labute approximate surface area is 160 Å². The van der Waals surface area contributed by atoms with Crippen molar-refractivity contribution in [2.45, 2.75) is 57.8 Å². The highest BCUT2D eigenvalue weighted by molar-refractivity contribution is 5.52. The number of hydrogen-bond acceptors (Lipinski definition) is 6. The number of ether oxygens (including phenoxy) is 2. The van der Waals surface area contributed by atoms with E-state index in [9.17, 15) is 0 Å². The number of rotatable bonds is 6. The summed E-state index contributed by atoms with van der Waals surface area (Å²) in [6.45, 7) is 6.40. The smallest absolute Gasteiger partial charge is 0.247 e. The summed E-state index contributed by atoms with van der Waals surface area (Å²) in [5.74, 6) is 1.27. The number of aromatic nitrogens is 2. The third kappa shape index (κ3) is 5.15. The lowest BCUT2D eigenvalue weighted by Crippen LogP contribution is -2.38. The van der Waals surface area contributed by atoms with Gasteiger partial charge in [-0.2, -0.15) is 0 Å². The monoisotopic (exact) mass is 371 g/mol. The van der Waals surface area contributed by atoms with Gasteiger partial charge in [0.25, 0.3) is 0 Å². The van der Waals surface area contributed by atoms with E-state index in [4.69, 9.17) is 13.9 Å². The molecule has 0 spiro atoms. The largest absolute Gasteiger partial charge is 0.419 e. The van der Waals surface area contributed by atoms with Gasteiger partial charge in [0.15, 0.2) is 0 Å². The van der Waals surface area contributed by atoms with E-state index in [0.717, 1.165) is 51.1 Å². The van der Waals surface area contributed by atoms with E-state index < -0.39 is 0 Å². The van der Waals surface area contributed by atoms with Crippen LogP contribution < -0.4 is 0 Å². The van der Waals surface area contributed by atoms with Gasteiger partial charge in [-0.1, -0.05) is 17.7 Å². The topological polar surface area (TPSA) is 60.6 Å². The normalized spacial score (nSPS) is 22.2. The summed E-state index contributed by atoms with van der Waals surface area (Å²) in [6.07, 6.45) is 6.33. The fourth-order valence-electron chi connectivity index (χ4n) is 3.74. The van der Waals surface area contributed by atoms with E-state index in [-0.39, 0.29) is 0 Å². The molecule has 0 bridgehead atoms. The minimum absolute atomic E-state index is 0.301. The fourth-order valence-corrected chi connectivity index (χ4v) is 3.74. The van der Waals surface area contributed by atoms with Crippen LogP contribution in [0.3, 0.4) is 0 Å². The number of likely N-dealkylation sites (tertiary alicyclic amines) is 1. The molecule has 0 amide bonds. The maximum absolute atomic E-state index is 6.09. The standard InChI is InChI=1S/C21H29N3O3/c1-16-5-7-17(8-6-16)21-23-22-20(27-21)14-24-11-9-18(10-12-24)26-15-19-4-2-3-13-25-19/h5-8,18-19H,2-4,9-15H2,1H3. The molecule has 2 aliphatic heterocycles. The molecule has 0 radical (unpaired) electrons. The van der Waals surface area contributed by atoms with E-state index in [0.29, 0.717) is 30.5 Å². The molecule has 27 heavy (non-hydrogen) atoms. The van der Waals surface area contributed by atoms with Crippen molar-refractivity contribution >= 4 is 0 Å². The summed E-state index contributed by atoms with van der Waals surface area (Å²) >= 11 is 0. The number of piperidine rings is 1. The van der Waals surface area contributed by atoms with Gasteiger partial charge in [-0.25, -0.2) is 0 Å². The highest BCUT2D eigenvalue weighted by Crippen LogP contribution is 2.21. The Morgan fingerprint density at radius 2 is 1.89 bits per heavy atom. The van der Waals surface area contributed by atoms with Crippen LogP contribution in [0.4, 0.5) is 0 Å². The lowest BCUT2D eigenvalue weighted by atomic mass is 10.1. The van der Waals surface area contributed by atoms with Gasteiger partial charge in [0, 0.05) is 25.3 Å². The Bertz CT molecular complexity index is 702. The molecule has 2 saturated heterocycles. The first-order valence-corrected chi connectivity index (χ1v) is 10.1. The van der Waals surface area contributed by atoms with Gasteiger partial charge in [-0.15, -0.1) is 10.2 Å². The summed E-state index contributed by atoms with van der Waals surface area (Å²) < 4.78 is 17.7. The quantitative estimate of drug-likeness (QED) is 0.773. The molecule has 2 aliphatic rings. The van der Waals surface area contributed by atoms with Crippen molar-refractivity contribution in [3.05, 3.63) is 35.7 Å². The third-order valence-electron chi connectivity index (χ3n) is 5.45. The second-order valence-electron chi connectivity index (χ2n) is 7.66. The first kappa shape index (κ1) is 18.6. The van der Waals surface area contributed by atoms with Crippen LogP contribution >= 0.6 is 0 Å². The highest BCUT2D eigenvalue weighted by Gasteiger charge is 2.23. The highest BCUT2D eigenvalue weighted by atomic mass is 16.5. The third-order valence-corrected chi connectivity index (χ3v) is 5.45. The van der Waals surface area contributed by atoms with Gasteiger partial charge in [-0.3, -0.25) is 4.90 Å². The Morgan fingerprint density at radius 3 is 2.63 bits per heavy atom. The van der Waals surface area contributed by atoms with Gasteiger partial charge in [-0.05, 0) is 51.2 Å². The molecule has 1 aromatic carbocycles. The van der Waals surface area contributed by atoms with Crippen LogP contribution in [-0.4, -0.2) is 53.6 Å². The zero-order chi connectivity index (χ0) is 18.5. The van der Waals surface area contributed by atoms with Crippen molar-refractivity contribution in [3.8, 4) is 11.5 Å². The minimum atomic E-state index is 0.301. The lowest BCUT2D eigenvalue weighted by Gasteiger charge is -2.32. The van der Waals surface area contributed by atoms with E-state index in [1.807, 2.05) is 12.1 Å². The summed E-state index contributed by atoms with van der Waals surface area (Å²) in [5.41, 5.74) is 2.19. The van der Waals surface area contributed by atoms with Crippen LogP contribution in [0, 0.1) is 6.92 Å². The van der Waals surface area contributed by atoms with E-state index in [1.54, 1.807) is 0 Å². The lowest BCUT2D eigenvalue weighted by molar-refractivity contribution is -0.0756. The van der Waals surface area contributed by atoms with Crippen LogP contribution in [0.15, 0.2) is 28.7 Å². The molecule has 0 N–H and O–H groups in total. The molecule has 3 heterocycles. The first-order valence-electron chi connectivity index (χ1n) is 10.1. The Balaban J connectivity index is 1.22. The SMILES string of the molecule is Cc1ccc(-c2nnc(CN3CCC(OCC4CCCCO4)CC3)o2)cc1. The van der Waals surface area contributed by atoms with Gasteiger partial charge in [0.2, 0.25) is 11.8 Å². The van der Waals surface area contributed by atoms with E-state index >= 15 is 0 Å². The zero-order valence-corrected chi connectivity index (χ0v) is 16.1. The number of hydrogen-bond donors (Lipinski definition) is 0. The van der Waals surface area contributed by atoms with Crippen molar-refractivity contribution in [1.29, 1.82) is 0 Å². The van der Waals surface area contributed by atoms with Crippen molar-refractivity contribution in [2.75, 3.05) is 26.3 Å². The molecule has 146 valence electrons. The number of nitrogens with zero attached hydrogens (tertiary/aromatic N) is 3. The van der Waals surface area contributed by atoms with Crippen molar-refractivity contribution in [1.82, 2.24) is 15.1 Å². The molecule has 0 saturated carbocycles.